The second kappa shape index (κ2) is 7.86. The van der Waals surface area contributed by atoms with Gasteiger partial charge in [0.1, 0.15) is 0 Å². The lowest BCUT2D eigenvalue weighted by atomic mass is 9.92. The molecule has 5 rings (SSSR count). The fourth-order valence-corrected chi connectivity index (χ4v) is 4.38. The molecule has 0 atom stereocenters. The predicted molar refractivity (Wildman–Crippen MR) is 124 cm³/mol. The van der Waals surface area contributed by atoms with Crippen LogP contribution in [-0.4, -0.2) is 4.98 Å². The van der Waals surface area contributed by atoms with Gasteiger partial charge in [0.25, 0.3) is 0 Å². The molecule has 5 aromatic rings. The first kappa shape index (κ1) is 17.6. The zero-order valence-electron chi connectivity index (χ0n) is 15.8. The van der Waals surface area contributed by atoms with E-state index >= 15 is 0 Å². The van der Waals surface area contributed by atoms with Gasteiger partial charge in [-0.25, -0.2) is 4.98 Å². The van der Waals surface area contributed by atoms with Crippen LogP contribution in [0.2, 0.25) is 0 Å². The Bertz CT molecular complexity index is 1210. The van der Waals surface area contributed by atoms with Gasteiger partial charge >= 0.3 is 0 Å². The molecule has 0 bridgehead atoms. The minimum atomic E-state index is 0.993. The van der Waals surface area contributed by atoms with E-state index in [0.29, 0.717) is 0 Å². The van der Waals surface area contributed by atoms with E-state index in [9.17, 15) is 0 Å². The molecule has 0 fully saturated rings. The van der Waals surface area contributed by atoms with Crippen LogP contribution in [0, 0.1) is 0 Å². The molecule has 2 aromatic heterocycles. The minimum absolute atomic E-state index is 0.993. The zero-order valence-corrected chi connectivity index (χ0v) is 16.6. The van der Waals surface area contributed by atoms with Crippen LogP contribution >= 0.6 is 11.3 Å². The summed E-state index contributed by atoms with van der Waals surface area (Å²) >= 11 is 1.76. The Labute approximate surface area is 175 Å². The molecular formula is C27H19NS. The Morgan fingerprint density at radius 1 is 0.552 bits per heavy atom. The van der Waals surface area contributed by atoms with E-state index in [2.05, 4.69) is 102 Å². The SMILES string of the molecule is c1ccc(-c2cc(-c3cccs3)c(-c3ccccc3)c(-c3ccccc3)n2)cc1. The number of rotatable bonds is 4. The number of hydrogen-bond acceptors (Lipinski definition) is 2. The summed E-state index contributed by atoms with van der Waals surface area (Å²) in [5.74, 6) is 0. The molecule has 0 unspecified atom stereocenters. The average Bonchev–Trinajstić information content (AvgIpc) is 3.35. The van der Waals surface area contributed by atoms with E-state index in [1.165, 1.54) is 21.6 Å². The van der Waals surface area contributed by atoms with E-state index in [4.69, 9.17) is 4.98 Å². The molecule has 0 aliphatic heterocycles. The molecule has 2 heteroatoms. The smallest absolute Gasteiger partial charge is 0.0794 e. The van der Waals surface area contributed by atoms with Gasteiger partial charge in [0.15, 0.2) is 0 Å². The van der Waals surface area contributed by atoms with Crippen molar-refractivity contribution in [3.8, 4) is 44.1 Å². The van der Waals surface area contributed by atoms with E-state index in [-0.39, 0.29) is 0 Å². The number of hydrogen-bond donors (Lipinski definition) is 0. The lowest BCUT2D eigenvalue weighted by Gasteiger charge is -2.17. The molecule has 2 heterocycles. The van der Waals surface area contributed by atoms with Gasteiger partial charge in [-0.05, 0) is 23.1 Å². The Kier molecular flexibility index (Phi) is 4.77. The van der Waals surface area contributed by atoms with Crippen molar-refractivity contribution in [3.63, 3.8) is 0 Å². The Balaban J connectivity index is 1.87. The topological polar surface area (TPSA) is 12.9 Å². The molecule has 0 aliphatic carbocycles. The molecule has 0 aliphatic rings. The molecule has 0 N–H and O–H groups in total. The summed E-state index contributed by atoms with van der Waals surface area (Å²) in [6, 6.07) is 38.0. The van der Waals surface area contributed by atoms with Crippen molar-refractivity contribution in [2.24, 2.45) is 0 Å². The Morgan fingerprint density at radius 2 is 1.14 bits per heavy atom. The van der Waals surface area contributed by atoms with Gasteiger partial charge in [0, 0.05) is 27.1 Å². The molecule has 0 spiro atoms. The molecule has 0 saturated heterocycles. The average molecular weight is 390 g/mol. The fourth-order valence-electron chi connectivity index (χ4n) is 3.63. The molecule has 3 aromatic carbocycles. The van der Waals surface area contributed by atoms with Gasteiger partial charge in [-0.2, -0.15) is 0 Å². The Hall–Kier alpha value is -3.49. The highest BCUT2D eigenvalue weighted by atomic mass is 32.1. The fraction of sp³-hybridized carbons (Fsp3) is 0. The number of nitrogens with zero attached hydrogens (tertiary/aromatic N) is 1. The lowest BCUT2D eigenvalue weighted by molar-refractivity contribution is 1.32. The summed E-state index contributed by atoms with van der Waals surface area (Å²) in [5, 5.41) is 2.13. The van der Waals surface area contributed by atoms with E-state index in [1.807, 2.05) is 12.1 Å². The van der Waals surface area contributed by atoms with Crippen molar-refractivity contribution in [2.45, 2.75) is 0 Å². The van der Waals surface area contributed by atoms with Gasteiger partial charge in [-0.3, -0.25) is 0 Å². The molecule has 0 amide bonds. The summed E-state index contributed by atoms with van der Waals surface area (Å²) in [4.78, 5) is 6.42. The zero-order chi connectivity index (χ0) is 19.5. The predicted octanol–water partition coefficient (Wildman–Crippen LogP) is 7.81. The van der Waals surface area contributed by atoms with Crippen molar-refractivity contribution in [2.75, 3.05) is 0 Å². The summed E-state index contributed by atoms with van der Waals surface area (Å²) in [7, 11) is 0. The van der Waals surface area contributed by atoms with Gasteiger partial charge in [-0.15, -0.1) is 11.3 Å². The van der Waals surface area contributed by atoms with Gasteiger partial charge < -0.3 is 0 Å². The maximum atomic E-state index is 5.16. The van der Waals surface area contributed by atoms with E-state index in [1.54, 1.807) is 11.3 Å². The van der Waals surface area contributed by atoms with Crippen LogP contribution in [0.4, 0.5) is 0 Å². The summed E-state index contributed by atoms with van der Waals surface area (Å²) in [6.45, 7) is 0. The van der Waals surface area contributed by atoms with Crippen molar-refractivity contribution >= 4 is 11.3 Å². The maximum absolute atomic E-state index is 5.16. The van der Waals surface area contributed by atoms with Gasteiger partial charge in [0.2, 0.25) is 0 Å². The van der Waals surface area contributed by atoms with Crippen LogP contribution in [0.5, 0.6) is 0 Å². The first-order valence-electron chi connectivity index (χ1n) is 9.65. The second-order valence-corrected chi connectivity index (χ2v) is 7.80. The highest BCUT2D eigenvalue weighted by molar-refractivity contribution is 7.13. The molecule has 29 heavy (non-hydrogen) atoms. The van der Waals surface area contributed by atoms with Gasteiger partial charge in [-0.1, -0.05) is 97.1 Å². The van der Waals surface area contributed by atoms with Crippen molar-refractivity contribution in [1.29, 1.82) is 0 Å². The number of pyridine rings is 1. The van der Waals surface area contributed by atoms with Crippen LogP contribution in [0.1, 0.15) is 0 Å². The van der Waals surface area contributed by atoms with Crippen LogP contribution in [-0.2, 0) is 0 Å². The van der Waals surface area contributed by atoms with Crippen LogP contribution in [0.15, 0.2) is 115 Å². The monoisotopic (exact) mass is 389 g/mol. The third-order valence-electron chi connectivity index (χ3n) is 4.99. The normalized spacial score (nSPS) is 10.8. The van der Waals surface area contributed by atoms with E-state index < -0.39 is 0 Å². The Morgan fingerprint density at radius 3 is 1.72 bits per heavy atom. The standard InChI is InChI=1S/C27H19NS/c1-4-11-20(12-5-1)24-19-23(25-17-10-18-29-25)26(21-13-6-2-7-14-21)27(28-24)22-15-8-3-9-16-22/h1-19H. The lowest BCUT2D eigenvalue weighted by Crippen LogP contribution is -1.96. The van der Waals surface area contributed by atoms with Crippen LogP contribution in [0.3, 0.4) is 0 Å². The largest absolute Gasteiger partial charge is 0.247 e. The van der Waals surface area contributed by atoms with Crippen LogP contribution < -0.4 is 0 Å². The summed E-state index contributed by atoms with van der Waals surface area (Å²) in [6.07, 6.45) is 0. The third-order valence-corrected chi connectivity index (χ3v) is 5.89. The molecular weight excluding hydrogens is 370 g/mol. The molecule has 1 nitrogen and oxygen atoms in total. The maximum Gasteiger partial charge on any atom is 0.0794 e. The van der Waals surface area contributed by atoms with Crippen molar-refractivity contribution in [1.82, 2.24) is 4.98 Å². The van der Waals surface area contributed by atoms with E-state index in [0.717, 1.165) is 22.5 Å². The van der Waals surface area contributed by atoms with Gasteiger partial charge in [0.05, 0.1) is 11.4 Å². The number of benzene rings is 3. The van der Waals surface area contributed by atoms with Crippen molar-refractivity contribution < 1.29 is 0 Å². The second-order valence-electron chi connectivity index (χ2n) is 6.85. The first-order chi connectivity index (χ1) is 14.4. The molecule has 138 valence electrons. The first-order valence-corrected chi connectivity index (χ1v) is 10.5. The summed E-state index contributed by atoms with van der Waals surface area (Å²) in [5.41, 5.74) is 7.85. The highest BCUT2D eigenvalue weighted by Gasteiger charge is 2.18. The quantitative estimate of drug-likeness (QED) is 0.305. The highest BCUT2D eigenvalue weighted by Crippen LogP contribution is 2.42. The third kappa shape index (κ3) is 3.51. The summed E-state index contributed by atoms with van der Waals surface area (Å²) < 4.78 is 0. The van der Waals surface area contributed by atoms with Crippen LogP contribution in [0.25, 0.3) is 44.1 Å². The van der Waals surface area contributed by atoms with Crippen molar-refractivity contribution in [3.05, 3.63) is 115 Å². The number of thiophene rings is 1. The molecule has 0 radical (unpaired) electrons. The molecule has 0 saturated carbocycles. The number of aromatic nitrogens is 1. The minimum Gasteiger partial charge on any atom is -0.247 e.